The first-order valence-corrected chi connectivity index (χ1v) is 10.2. The van der Waals surface area contributed by atoms with Crippen molar-refractivity contribution in [1.29, 1.82) is 0 Å². The summed E-state index contributed by atoms with van der Waals surface area (Å²) in [5.41, 5.74) is 1.17. The molecule has 1 fully saturated rings. The van der Waals surface area contributed by atoms with Crippen molar-refractivity contribution in [3.05, 3.63) is 39.8 Å². The molecular weight excluding hydrogens is 396 g/mol. The molecule has 0 aliphatic carbocycles. The lowest BCUT2D eigenvalue weighted by Gasteiger charge is -2.30. The number of ether oxygens (including phenoxy) is 1. The Bertz CT molecular complexity index is 900. The minimum absolute atomic E-state index is 0.0117. The predicted octanol–water partition coefficient (Wildman–Crippen LogP) is 2.93. The van der Waals surface area contributed by atoms with Gasteiger partial charge in [0.25, 0.3) is 5.69 Å². The number of piperidine rings is 1. The van der Waals surface area contributed by atoms with E-state index in [1.807, 2.05) is 4.90 Å². The summed E-state index contributed by atoms with van der Waals surface area (Å²) in [7, 11) is 0. The molecule has 0 spiro atoms. The molecule has 1 aliphatic rings. The zero-order chi connectivity index (χ0) is 20.8. The Morgan fingerprint density at radius 3 is 3.03 bits per heavy atom. The highest BCUT2D eigenvalue weighted by Crippen LogP contribution is 2.27. The van der Waals surface area contributed by atoms with Crippen molar-refractivity contribution in [2.45, 2.75) is 19.8 Å². The van der Waals surface area contributed by atoms with Crippen LogP contribution in [0.25, 0.3) is 11.3 Å². The standard InChI is InChI=1S/C19H22N4O5S/c1-2-28-18(25)14-6-4-8-22(10-14)11-17(24)21-19-20-16(12-29-19)13-5-3-7-15(9-13)23(26)27/h3,5,7,9,12,14H,2,4,6,8,10-11H2,1H3,(H,20,21,24)/t14-/m1/s1. The molecule has 0 bridgehead atoms. The third-order valence-electron chi connectivity index (χ3n) is 4.60. The summed E-state index contributed by atoms with van der Waals surface area (Å²) in [5.74, 6) is -0.620. The fourth-order valence-electron chi connectivity index (χ4n) is 3.26. The number of aromatic nitrogens is 1. The molecule has 29 heavy (non-hydrogen) atoms. The Hall–Kier alpha value is -2.85. The molecular formula is C19H22N4O5S. The number of nitrogens with zero attached hydrogens (tertiary/aromatic N) is 3. The highest BCUT2D eigenvalue weighted by atomic mass is 32.1. The van der Waals surface area contributed by atoms with E-state index in [1.165, 1.54) is 23.5 Å². The summed E-state index contributed by atoms with van der Waals surface area (Å²) >= 11 is 1.26. The second kappa shape index (κ2) is 9.57. The SMILES string of the molecule is CCOC(=O)[C@@H]1CCCN(CC(=O)Nc2nc(-c3cccc([N+](=O)[O-])c3)cs2)C1. The van der Waals surface area contributed by atoms with Gasteiger partial charge >= 0.3 is 5.97 Å². The van der Waals surface area contributed by atoms with Crippen LogP contribution in [0, 0.1) is 16.0 Å². The van der Waals surface area contributed by atoms with Gasteiger partial charge in [-0.25, -0.2) is 4.98 Å². The molecule has 1 saturated heterocycles. The van der Waals surface area contributed by atoms with Crippen LogP contribution in [0.3, 0.4) is 0 Å². The quantitative estimate of drug-likeness (QED) is 0.418. The molecule has 1 amide bonds. The number of non-ortho nitro benzene ring substituents is 1. The van der Waals surface area contributed by atoms with Crippen LogP contribution in [0.5, 0.6) is 0 Å². The number of hydrogen-bond donors (Lipinski definition) is 1. The lowest BCUT2D eigenvalue weighted by Crippen LogP contribution is -2.43. The Kier molecular flexibility index (Phi) is 6.89. The van der Waals surface area contributed by atoms with E-state index in [1.54, 1.807) is 24.4 Å². The van der Waals surface area contributed by atoms with Gasteiger partial charge in [0.15, 0.2) is 5.13 Å². The number of anilines is 1. The number of carbonyl (C=O) groups is 2. The van der Waals surface area contributed by atoms with Crippen molar-refractivity contribution in [2.75, 3.05) is 31.6 Å². The van der Waals surface area contributed by atoms with Crippen molar-refractivity contribution in [1.82, 2.24) is 9.88 Å². The summed E-state index contributed by atoms with van der Waals surface area (Å²) in [4.78, 5) is 41.1. The molecule has 1 aliphatic heterocycles. The van der Waals surface area contributed by atoms with Crippen molar-refractivity contribution in [3.8, 4) is 11.3 Å². The maximum absolute atomic E-state index is 12.4. The van der Waals surface area contributed by atoms with Crippen LogP contribution in [0.2, 0.25) is 0 Å². The number of benzene rings is 1. The van der Waals surface area contributed by atoms with E-state index in [0.29, 0.717) is 29.5 Å². The number of amides is 1. The molecule has 1 aromatic heterocycles. The first-order valence-electron chi connectivity index (χ1n) is 9.35. The Labute approximate surface area is 171 Å². The van der Waals surface area contributed by atoms with Gasteiger partial charge in [-0.15, -0.1) is 11.3 Å². The van der Waals surface area contributed by atoms with Crippen LogP contribution in [-0.4, -0.2) is 52.9 Å². The smallest absolute Gasteiger partial charge is 0.310 e. The van der Waals surface area contributed by atoms with Gasteiger partial charge in [-0.05, 0) is 26.3 Å². The number of thiazole rings is 1. The number of esters is 1. The van der Waals surface area contributed by atoms with Crippen LogP contribution in [0.4, 0.5) is 10.8 Å². The fraction of sp³-hybridized carbons (Fsp3) is 0.421. The van der Waals surface area contributed by atoms with Crippen LogP contribution in [0.1, 0.15) is 19.8 Å². The zero-order valence-electron chi connectivity index (χ0n) is 16.0. The summed E-state index contributed by atoms with van der Waals surface area (Å²) in [5, 5.41) is 15.9. The molecule has 0 saturated carbocycles. The van der Waals surface area contributed by atoms with E-state index in [4.69, 9.17) is 4.74 Å². The third kappa shape index (κ3) is 5.58. The fourth-order valence-corrected chi connectivity index (χ4v) is 3.99. The van der Waals surface area contributed by atoms with Crippen LogP contribution in [0.15, 0.2) is 29.6 Å². The molecule has 1 atom stereocenters. The average molecular weight is 418 g/mol. The van der Waals surface area contributed by atoms with E-state index in [0.717, 1.165) is 19.4 Å². The van der Waals surface area contributed by atoms with Gasteiger partial charge in [0.05, 0.1) is 29.7 Å². The first-order chi connectivity index (χ1) is 14.0. The van der Waals surface area contributed by atoms with Gasteiger partial charge < -0.3 is 10.1 Å². The van der Waals surface area contributed by atoms with Crippen LogP contribution < -0.4 is 5.32 Å². The molecule has 1 N–H and O–H groups in total. The van der Waals surface area contributed by atoms with E-state index in [-0.39, 0.29) is 30.0 Å². The number of carbonyl (C=O) groups excluding carboxylic acids is 2. The molecule has 0 radical (unpaired) electrons. The zero-order valence-corrected chi connectivity index (χ0v) is 16.8. The number of nitro groups is 1. The molecule has 1 aromatic carbocycles. The summed E-state index contributed by atoms with van der Waals surface area (Å²) in [6.45, 7) is 3.56. The Morgan fingerprint density at radius 2 is 2.28 bits per heavy atom. The van der Waals surface area contributed by atoms with Crippen molar-refractivity contribution < 1.29 is 19.2 Å². The lowest BCUT2D eigenvalue weighted by atomic mass is 9.98. The second-order valence-electron chi connectivity index (χ2n) is 6.72. The van der Waals surface area contributed by atoms with Crippen LogP contribution in [-0.2, 0) is 14.3 Å². The minimum atomic E-state index is -0.458. The van der Waals surface area contributed by atoms with Gasteiger partial charge in [0, 0.05) is 29.6 Å². The molecule has 0 unspecified atom stereocenters. The van der Waals surface area contributed by atoms with E-state index in [2.05, 4.69) is 10.3 Å². The predicted molar refractivity (Wildman–Crippen MR) is 109 cm³/mol. The van der Waals surface area contributed by atoms with Gasteiger partial charge in [-0.3, -0.25) is 24.6 Å². The third-order valence-corrected chi connectivity index (χ3v) is 5.35. The molecule has 3 rings (SSSR count). The first kappa shape index (κ1) is 20.9. The average Bonchev–Trinajstić information content (AvgIpc) is 3.16. The highest BCUT2D eigenvalue weighted by molar-refractivity contribution is 7.14. The minimum Gasteiger partial charge on any atom is -0.466 e. The summed E-state index contributed by atoms with van der Waals surface area (Å²) in [6, 6.07) is 6.20. The van der Waals surface area contributed by atoms with Gasteiger partial charge in [0.2, 0.25) is 5.91 Å². The van der Waals surface area contributed by atoms with E-state index >= 15 is 0 Å². The maximum atomic E-state index is 12.4. The number of likely N-dealkylation sites (tertiary alicyclic amines) is 1. The summed E-state index contributed by atoms with van der Waals surface area (Å²) < 4.78 is 5.08. The summed E-state index contributed by atoms with van der Waals surface area (Å²) in [6.07, 6.45) is 1.61. The monoisotopic (exact) mass is 418 g/mol. The topological polar surface area (TPSA) is 115 Å². The van der Waals surface area contributed by atoms with Crippen LogP contribution >= 0.6 is 11.3 Å². The van der Waals surface area contributed by atoms with E-state index < -0.39 is 4.92 Å². The number of hydrogen-bond acceptors (Lipinski definition) is 8. The van der Waals surface area contributed by atoms with E-state index in [9.17, 15) is 19.7 Å². The molecule has 2 aromatic rings. The largest absolute Gasteiger partial charge is 0.466 e. The van der Waals surface area contributed by atoms with Gasteiger partial charge in [0.1, 0.15) is 0 Å². The second-order valence-corrected chi connectivity index (χ2v) is 7.58. The number of nitrogens with one attached hydrogen (secondary N) is 1. The lowest BCUT2D eigenvalue weighted by molar-refractivity contribution is -0.384. The van der Waals surface area contributed by atoms with Crippen molar-refractivity contribution >= 4 is 34.0 Å². The Balaban J connectivity index is 1.57. The normalized spacial score (nSPS) is 16.9. The Morgan fingerprint density at radius 1 is 1.45 bits per heavy atom. The maximum Gasteiger partial charge on any atom is 0.310 e. The van der Waals surface area contributed by atoms with Crippen molar-refractivity contribution in [2.24, 2.45) is 5.92 Å². The molecule has 9 nitrogen and oxygen atoms in total. The van der Waals surface area contributed by atoms with Gasteiger partial charge in [-0.1, -0.05) is 12.1 Å². The molecule has 10 heteroatoms. The van der Waals surface area contributed by atoms with Gasteiger partial charge in [-0.2, -0.15) is 0 Å². The molecule has 2 heterocycles. The highest BCUT2D eigenvalue weighted by Gasteiger charge is 2.27. The van der Waals surface area contributed by atoms with Crippen molar-refractivity contribution in [3.63, 3.8) is 0 Å². The molecule has 154 valence electrons. The number of nitro benzene ring substituents is 1. The number of rotatable bonds is 7.